The van der Waals surface area contributed by atoms with Gasteiger partial charge >= 0.3 is 0 Å². The number of aliphatic hydroxyl groups is 4. The molecule has 0 fully saturated rings. The van der Waals surface area contributed by atoms with Crippen molar-refractivity contribution >= 4 is 45.7 Å². The summed E-state index contributed by atoms with van der Waals surface area (Å²) >= 11 is 2.25. The quantitative estimate of drug-likeness (QED) is 0.169. The fourth-order valence-corrected chi connectivity index (χ4v) is 2.71. The van der Waals surface area contributed by atoms with Crippen molar-refractivity contribution < 1.29 is 54.6 Å². The van der Waals surface area contributed by atoms with Crippen molar-refractivity contribution in [3.63, 3.8) is 0 Å². The van der Waals surface area contributed by atoms with E-state index in [1.807, 2.05) is 0 Å². The number of hydrogen-bond donors (Lipinski definition) is 4. The highest BCUT2D eigenvalue weighted by Crippen LogP contribution is 2.43. The summed E-state index contributed by atoms with van der Waals surface area (Å²) < 4.78 is 30.7. The molecule has 0 amide bonds. The molecule has 0 saturated carbocycles. The molecule has 0 bridgehead atoms. The molecule has 142 valence electrons. The van der Waals surface area contributed by atoms with Crippen LogP contribution in [-0.2, 0) is 28.7 Å². The van der Waals surface area contributed by atoms with Gasteiger partial charge in [0.1, 0.15) is 54.4 Å². The van der Waals surface area contributed by atoms with Gasteiger partial charge in [-0.25, -0.2) is 0 Å². The third-order valence-electron chi connectivity index (χ3n) is 3.71. The van der Waals surface area contributed by atoms with Gasteiger partial charge in [-0.15, -0.1) is 0 Å². The highest BCUT2D eigenvalue weighted by molar-refractivity contribution is 9.18. The lowest BCUT2D eigenvalue weighted by Gasteiger charge is -2.51. The van der Waals surface area contributed by atoms with Gasteiger partial charge in [0.2, 0.25) is 4.69 Å². The number of carbonyl (C=O) groups excluding carboxylic acids is 5. The monoisotopic (exact) mass is 430 g/mol. The van der Waals surface area contributed by atoms with Crippen LogP contribution >= 0.6 is 15.9 Å². The molecule has 4 N–H and O–H groups in total. The van der Waals surface area contributed by atoms with E-state index < -0.39 is 85.1 Å². The lowest BCUT2D eigenvalue weighted by molar-refractivity contribution is -0.267. The molecule has 0 aliphatic carbocycles. The molecule has 25 heavy (non-hydrogen) atoms. The second-order valence-corrected chi connectivity index (χ2v) is 5.78. The van der Waals surface area contributed by atoms with Gasteiger partial charge in [0, 0.05) is 19.3 Å². The molecule has 10 nitrogen and oxygen atoms in total. The summed E-state index contributed by atoms with van der Waals surface area (Å²) in [4.78, 5) is 56.5. The Balaban J connectivity index is 6.61. The topological polar surface area (TPSA) is 176 Å². The van der Waals surface area contributed by atoms with Gasteiger partial charge in [-0.3, -0.25) is 4.79 Å². The van der Waals surface area contributed by atoms with Crippen molar-refractivity contribution in [1.29, 1.82) is 0 Å². The van der Waals surface area contributed by atoms with E-state index in [0.29, 0.717) is 0 Å². The summed E-state index contributed by atoms with van der Waals surface area (Å²) in [6, 6.07) is 0. The first-order chi connectivity index (χ1) is 13.0. The minimum Gasteiger partial charge on any atom is -0.388 e. The lowest BCUT2D eigenvalue weighted by Crippen LogP contribution is -2.74. The zero-order valence-corrected chi connectivity index (χ0v) is 14.3. The highest BCUT2D eigenvalue weighted by atomic mass is 79.9. The minimum atomic E-state index is -3.64. The van der Waals surface area contributed by atoms with Crippen LogP contribution in [0.5, 0.6) is 0 Å². The molecule has 0 aliphatic heterocycles. The van der Waals surface area contributed by atoms with Crippen LogP contribution < -0.4 is 0 Å². The number of halogens is 1. The summed E-state index contributed by atoms with van der Waals surface area (Å²) in [7, 11) is 0. The van der Waals surface area contributed by atoms with Gasteiger partial charge < -0.3 is 44.3 Å². The van der Waals surface area contributed by atoms with E-state index in [1.54, 1.807) is 0 Å². The molecule has 0 radical (unpaired) electrons. The van der Waals surface area contributed by atoms with E-state index in [-0.39, 0.29) is 0 Å². The van der Waals surface area contributed by atoms with Gasteiger partial charge in [-0.2, -0.15) is 0 Å². The van der Waals surface area contributed by atoms with Crippen LogP contribution in [-0.4, -0.2) is 86.3 Å². The van der Waals surface area contributed by atoms with Gasteiger partial charge in [0.25, 0.3) is 0 Å². The fraction of sp³-hybridized carbons (Fsp3) is 0.643. The summed E-state index contributed by atoms with van der Waals surface area (Å²) in [6.07, 6.45) is -13.5. The fourth-order valence-electron chi connectivity index (χ4n) is 2.24. The first-order valence-electron chi connectivity index (χ1n) is 8.64. The smallest absolute Gasteiger partial charge is 0.232 e. The molecule has 0 aromatic heterocycles. The predicted molar refractivity (Wildman–Crippen MR) is 83.7 cm³/mol. The Morgan fingerprint density at radius 3 is 1.96 bits per heavy atom. The molecule has 0 heterocycles. The van der Waals surface area contributed by atoms with Crippen LogP contribution in [0.15, 0.2) is 0 Å². The Kier molecular flexibility index (Phi) is 6.79. The molecular formula is C14H19BrO10. The summed E-state index contributed by atoms with van der Waals surface area (Å²) in [5.74, 6) is 0. The zero-order valence-electron chi connectivity index (χ0n) is 16.7. The van der Waals surface area contributed by atoms with Gasteiger partial charge in [0.15, 0.2) is 5.60 Å². The third kappa shape index (κ3) is 4.63. The molecule has 0 unspecified atom stereocenters. The number of hydrogen-bond acceptors (Lipinski definition) is 10. The Bertz CT molecular complexity index is 691. The van der Waals surface area contributed by atoms with E-state index in [1.165, 1.54) is 0 Å². The molecule has 0 aromatic rings. The van der Waals surface area contributed by atoms with E-state index in [0.717, 1.165) is 0 Å². The first kappa shape index (κ1) is 17.1. The van der Waals surface area contributed by atoms with E-state index in [9.17, 15) is 44.4 Å². The number of rotatable bonds is 14. The van der Waals surface area contributed by atoms with Crippen LogP contribution in [0.2, 0.25) is 0 Å². The summed E-state index contributed by atoms with van der Waals surface area (Å²) in [5.41, 5.74) is -10.6. The maximum absolute atomic E-state index is 12.0. The standard InChI is InChI=1S/C14H19BrO10/c15-11(21)13(23,2-5-17)14(24,3-6-18)12(22,1-4-16)10(20)9-25-8-7-19/h4-7,10,20,22-24H,1-3,8-9H2/t10-,12+,13+,14+/m1/s1/i4D,5D,6D,7D. The molecular weight excluding hydrogens is 408 g/mol. The van der Waals surface area contributed by atoms with Crippen molar-refractivity contribution in [2.45, 2.75) is 42.2 Å². The van der Waals surface area contributed by atoms with Crippen LogP contribution in [0.1, 0.15) is 24.7 Å². The Labute approximate surface area is 156 Å². The number of ether oxygens (including phenoxy) is 1. The Morgan fingerprint density at radius 2 is 1.56 bits per heavy atom. The van der Waals surface area contributed by atoms with E-state index >= 15 is 0 Å². The molecule has 0 rings (SSSR count). The van der Waals surface area contributed by atoms with Gasteiger partial charge in [0.05, 0.1) is 6.61 Å². The number of carbonyl (C=O) groups is 5. The van der Waals surface area contributed by atoms with Gasteiger partial charge in [-0.05, 0) is 15.9 Å². The van der Waals surface area contributed by atoms with Crippen molar-refractivity contribution in [2.75, 3.05) is 13.2 Å². The largest absolute Gasteiger partial charge is 0.388 e. The maximum atomic E-state index is 12.0. The van der Waals surface area contributed by atoms with Crippen LogP contribution in [0.25, 0.3) is 0 Å². The van der Waals surface area contributed by atoms with Crippen molar-refractivity contribution in [3.05, 3.63) is 0 Å². The third-order valence-corrected chi connectivity index (χ3v) is 4.37. The molecule has 0 spiro atoms. The van der Waals surface area contributed by atoms with Crippen molar-refractivity contribution in [1.82, 2.24) is 0 Å². The zero-order chi connectivity index (χ0) is 23.2. The second kappa shape index (κ2) is 9.94. The average molecular weight is 431 g/mol. The van der Waals surface area contributed by atoms with Crippen molar-refractivity contribution in [3.8, 4) is 0 Å². The maximum Gasteiger partial charge on any atom is 0.232 e. The normalized spacial score (nSPS) is 21.8. The van der Waals surface area contributed by atoms with Crippen LogP contribution in [0.4, 0.5) is 0 Å². The first-order valence-corrected chi connectivity index (χ1v) is 7.43. The van der Waals surface area contributed by atoms with Crippen LogP contribution in [0, 0.1) is 0 Å². The van der Waals surface area contributed by atoms with Crippen molar-refractivity contribution in [2.24, 2.45) is 0 Å². The molecule has 0 aliphatic rings. The Hall–Kier alpha value is -1.37. The van der Waals surface area contributed by atoms with Crippen LogP contribution in [0.3, 0.4) is 0 Å². The molecule has 11 heteroatoms. The number of aliphatic hydroxyl groups excluding tert-OH is 1. The summed E-state index contributed by atoms with van der Waals surface area (Å²) in [5, 5.41) is 42.8. The minimum absolute atomic E-state index is 0.912. The SMILES string of the molecule is [2H]C(=O)COC[C@@H](O)[C@@](O)(CC([2H])=O)[C@@](O)(CC([2H])=O)[C@](O)(CC([2H])=O)C(=O)Br. The lowest BCUT2D eigenvalue weighted by atomic mass is 9.65. The van der Waals surface area contributed by atoms with E-state index in [4.69, 9.17) is 5.48 Å². The predicted octanol–water partition coefficient (Wildman–Crippen LogP) is -2.56. The molecule has 0 aromatic carbocycles. The second-order valence-electron chi connectivity index (χ2n) is 5.06. The highest BCUT2D eigenvalue weighted by Gasteiger charge is 2.66. The molecule has 4 atom stereocenters. The van der Waals surface area contributed by atoms with Gasteiger partial charge in [-0.1, -0.05) is 0 Å². The summed E-state index contributed by atoms with van der Waals surface area (Å²) in [6.45, 7) is -2.01. The number of aldehydes is 4. The van der Waals surface area contributed by atoms with E-state index in [2.05, 4.69) is 20.7 Å². The Morgan fingerprint density at radius 1 is 1.04 bits per heavy atom. The molecule has 0 saturated heterocycles. The average Bonchev–Trinajstić information content (AvgIpc) is 2.51.